The number of nitrogens with zero attached hydrogens (tertiary/aromatic N) is 1. The molecule has 1 amide bonds. The fraction of sp³-hybridized carbons (Fsp3) is 0.537. The number of phenols is 1. The van der Waals surface area contributed by atoms with E-state index in [1.165, 1.54) is 53.2 Å². The summed E-state index contributed by atoms with van der Waals surface area (Å²) in [5.74, 6) is -9.09. The van der Waals surface area contributed by atoms with Crippen molar-refractivity contribution in [3.05, 3.63) is 69.8 Å². The Morgan fingerprint density at radius 2 is 1.59 bits per heavy atom. The van der Waals surface area contributed by atoms with Gasteiger partial charge in [-0.05, 0) is 19.9 Å². The summed E-state index contributed by atoms with van der Waals surface area (Å²) in [5, 5.41) is 36.9. The summed E-state index contributed by atoms with van der Waals surface area (Å²) in [4.78, 5) is 70.9. The van der Waals surface area contributed by atoms with E-state index in [-0.39, 0.29) is 65.7 Å². The maximum absolute atomic E-state index is 14.6. The number of ether oxygens (including phenoxy) is 5. The third kappa shape index (κ3) is 7.77. The van der Waals surface area contributed by atoms with E-state index >= 15 is 0 Å². The fourth-order valence-corrected chi connectivity index (χ4v) is 7.76. The minimum atomic E-state index is -2.07. The van der Waals surface area contributed by atoms with Gasteiger partial charge in [0.05, 0.1) is 54.5 Å². The van der Waals surface area contributed by atoms with Crippen LogP contribution in [0.1, 0.15) is 85.1 Å². The summed E-state index contributed by atoms with van der Waals surface area (Å²) in [6.45, 7) is 13.2. The number of ketones is 3. The molecule has 0 spiro atoms. The number of esters is 1. The maximum atomic E-state index is 14.6. The van der Waals surface area contributed by atoms with Crippen LogP contribution in [0.3, 0.4) is 0 Å². The van der Waals surface area contributed by atoms with Crippen molar-refractivity contribution in [3.8, 4) is 11.5 Å². The largest absolute Gasteiger partial charge is 0.507 e. The number of aromatic hydroxyl groups is 1. The molecular formula is C41H52N2O13. The lowest BCUT2D eigenvalue weighted by Gasteiger charge is -2.38. The van der Waals surface area contributed by atoms with Gasteiger partial charge in [-0.15, -0.1) is 0 Å². The maximum Gasteiger partial charge on any atom is 0.312 e. The van der Waals surface area contributed by atoms with E-state index in [2.05, 4.69) is 5.32 Å². The number of carbonyl (C=O) groups excluding carboxylic acids is 5. The fourth-order valence-electron chi connectivity index (χ4n) is 7.76. The number of allylic oxidation sites excluding steroid dienone is 4. The van der Waals surface area contributed by atoms with Crippen molar-refractivity contribution < 1.29 is 63.0 Å². The van der Waals surface area contributed by atoms with Crippen molar-refractivity contribution in [2.24, 2.45) is 23.7 Å². The van der Waals surface area contributed by atoms with Crippen molar-refractivity contribution in [2.75, 3.05) is 33.4 Å². The minimum absolute atomic E-state index is 0.00230. The van der Waals surface area contributed by atoms with Gasteiger partial charge < -0.3 is 49.2 Å². The van der Waals surface area contributed by atoms with Crippen molar-refractivity contribution in [1.29, 1.82) is 0 Å². The van der Waals surface area contributed by atoms with Crippen LogP contribution in [0.5, 0.6) is 11.5 Å². The molecule has 9 atom stereocenters. The molecule has 0 aromatic heterocycles. The Morgan fingerprint density at radius 1 is 0.929 bits per heavy atom. The lowest BCUT2D eigenvalue weighted by Crippen LogP contribution is -2.46. The highest BCUT2D eigenvalue weighted by molar-refractivity contribution is 6.32. The second-order valence-corrected chi connectivity index (χ2v) is 15.1. The number of carbonyl (C=O) groups is 5. The molecule has 1 fully saturated rings. The van der Waals surface area contributed by atoms with Gasteiger partial charge in [0.25, 0.3) is 11.7 Å². The van der Waals surface area contributed by atoms with E-state index < -0.39 is 94.4 Å². The number of nitrogens with one attached hydrogen (secondary N) is 1. The quantitative estimate of drug-likeness (QED) is 0.325. The Kier molecular flexibility index (Phi) is 12.6. The second-order valence-electron chi connectivity index (χ2n) is 15.1. The van der Waals surface area contributed by atoms with Crippen LogP contribution in [-0.2, 0) is 28.5 Å². The SMILES string of the molecule is CO[C@H]1C=CO[C@@]2(C)Oc3c(C)c(O)c4c(c3C2=O)C(=O)C(N2CCOCC2)=C(NC(=O)C(C)=CC=C[C@H](C)[C@H](O)[C@@H](C)[C@H](O)[C@H](C)[C@H](OC(C)=O)[C@@H]1C)C4=O. The molecular weight excluding hydrogens is 728 g/mol. The summed E-state index contributed by atoms with van der Waals surface area (Å²) >= 11 is 0. The Bertz CT molecular complexity index is 1910. The molecule has 1 saturated heterocycles. The lowest BCUT2D eigenvalue weighted by atomic mass is 9.78. The first-order valence-electron chi connectivity index (χ1n) is 18.7. The average Bonchev–Trinajstić information content (AvgIpc) is 3.43. The second kappa shape index (κ2) is 16.7. The number of benzene rings is 1. The Balaban J connectivity index is 1.67. The summed E-state index contributed by atoms with van der Waals surface area (Å²) < 4.78 is 28.9. The Labute approximate surface area is 325 Å². The summed E-state index contributed by atoms with van der Waals surface area (Å²) in [6, 6.07) is 0. The molecule has 5 aliphatic rings. The number of morpholine rings is 1. The molecule has 4 N–H and O–H groups in total. The van der Waals surface area contributed by atoms with Crippen LogP contribution < -0.4 is 10.1 Å². The molecule has 6 rings (SSSR count). The molecule has 1 aliphatic carbocycles. The van der Waals surface area contributed by atoms with Crippen LogP contribution in [0.25, 0.3) is 0 Å². The number of fused-ring (bicyclic) bond motifs is 14. The zero-order valence-electron chi connectivity index (χ0n) is 33.2. The first-order valence-corrected chi connectivity index (χ1v) is 18.7. The standard InChI is InChI=1S/C41H52N2O13/c1-19-11-10-12-20(2)40(51)42-30-31(43-14-17-53-18-15-43)36(49)27-28(35(30)48)34(47)24(6)38-29(27)39(50)41(8,56-38)54-16-13-26(52-9)21(3)37(55-25(7)44)23(5)33(46)22(4)32(19)45/h10-13,16,19,21-23,26,32-33,37,45-47H,14-15,17-18H2,1-9H3,(H,42,51)/t19-,21+,22+,23-,26-,32-,33-,37+,41-/m0/s1. The number of Topliss-reactive ketones (excluding diaryl/α,β-unsaturated/α-hetero) is 3. The van der Waals surface area contributed by atoms with Crippen LogP contribution in [0, 0.1) is 30.6 Å². The molecule has 1 aromatic rings. The molecule has 0 saturated carbocycles. The van der Waals surface area contributed by atoms with Gasteiger partial charge in [0.2, 0.25) is 11.6 Å². The summed E-state index contributed by atoms with van der Waals surface area (Å²) in [6.07, 6.45) is 3.44. The molecule has 4 aliphatic heterocycles. The topological polar surface area (TPSA) is 207 Å². The van der Waals surface area contributed by atoms with Gasteiger partial charge >= 0.3 is 11.8 Å². The number of aliphatic hydroxyl groups excluding tert-OH is 2. The third-order valence-corrected chi connectivity index (χ3v) is 11.3. The number of rotatable bonds is 3. The predicted molar refractivity (Wildman–Crippen MR) is 201 cm³/mol. The molecule has 304 valence electrons. The molecule has 0 unspecified atom stereocenters. The molecule has 15 heteroatoms. The third-order valence-electron chi connectivity index (χ3n) is 11.3. The first-order chi connectivity index (χ1) is 26.4. The lowest BCUT2D eigenvalue weighted by molar-refractivity contribution is -0.160. The Hall–Kier alpha value is -4.83. The van der Waals surface area contributed by atoms with Crippen molar-refractivity contribution in [3.63, 3.8) is 0 Å². The number of hydrogen-bond acceptors (Lipinski definition) is 14. The number of aliphatic hydroxyl groups is 2. The van der Waals surface area contributed by atoms with Gasteiger partial charge in [-0.25, -0.2) is 0 Å². The molecule has 5 bridgehead atoms. The van der Waals surface area contributed by atoms with Crippen LogP contribution in [0.4, 0.5) is 0 Å². The highest BCUT2D eigenvalue weighted by Gasteiger charge is 2.53. The van der Waals surface area contributed by atoms with E-state index in [4.69, 9.17) is 23.7 Å². The molecule has 1 aromatic carbocycles. The van der Waals surface area contributed by atoms with Crippen LogP contribution in [0.15, 0.2) is 47.5 Å². The molecule has 15 nitrogen and oxygen atoms in total. The van der Waals surface area contributed by atoms with E-state index in [1.54, 1.807) is 44.7 Å². The van der Waals surface area contributed by atoms with Crippen molar-refractivity contribution >= 4 is 29.2 Å². The summed E-state index contributed by atoms with van der Waals surface area (Å²) in [7, 11) is 1.43. The average molecular weight is 781 g/mol. The highest BCUT2D eigenvalue weighted by Crippen LogP contribution is 2.49. The van der Waals surface area contributed by atoms with Gasteiger partial charge in [-0.3, -0.25) is 24.0 Å². The first kappa shape index (κ1) is 42.3. The normalized spacial score (nSPS) is 31.8. The van der Waals surface area contributed by atoms with Crippen molar-refractivity contribution in [2.45, 2.75) is 85.6 Å². The zero-order chi connectivity index (χ0) is 41.4. The highest BCUT2D eigenvalue weighted by atomic mass is 16.7. The molecule has 56 heavy (non-hydrogen) atoms. The predicted octanol–water partition coefficient (Wildman–Crippen LogP) is 3.29. The number of amides is 1. The van der Waals surface area contributed by atoms with Gasteiger partial charge in [-0.1, -0.05) is 45.9 Å². The van der Waals surface area contributed by atoms with Crippen LogP contribution in [-0.4, -0.2) is 113 Å². The smallest absolute Gasteiger partial charge is 0.312 e. The van der Waals surface area contributed by atoms with Gasteiger partial charge in [0, 0.05) is 68.9 Å². The van der Waals surface area contributed by atoms with Crippen LogP contribution in [0.2, 0.25) is 0 Å². The monoisotopic (exact) mass is 780 g/mol. The van der Waals surface area contributed by atoms with E-state index in [0.29, 0.717) is 0 Å². The van der Waals surface area contributed by atoms with Gasteiger partial charge in [0.15, 0.2) is 0 Å². The zero-order valence-corrected chi connectivity index (χ0v) is 33.2. The van der Waals surface area contributed by atoms with Gasteiger partial charge in [0.1, 0.15) is 29.0 Å². The summed E-state index contributed by atoms with van der Waals surface area (Å²) in [5.41, 5.74) is -1.47. The minimum Gasteiger partial charge on any atom is -0.507 e. The number of methoxy groups -OCH3 is 1. The molecule has 0 radical (unpaired) electrons. The number of phenolic OH excluding ortho intramolecular Hbond substituents is 1. The van der Waals surface area contributed by atoms with Crippen LogP contribution >= 0.6 is 0 Å². The molecule has 4 heterocycles. The van der Waals surface area contributed by atoms with Crippen molar-refractivity contribution in [1.82, 2.24) is 10.2 Å². The van der Waals surface area contributed by atoms with E-state index in [9.17, 15) is 39.3 Å². The van der Waals surface area contributed by atoms with Gasteiger partial charge in [-0.2, -0.15) is 0 Å². The number of hydrogen-bond donors (Lipinski definition) is 4. The Morgan fingerprint density at radius 3 is 2.21 bits per heavy atom. The van der Waals surface area contributed by atoms with E-state index in [0.717, 1.165) is 0 Å². The van der Waals surface area contributed by atoms with E-state index in [1.807, 2.05) is 0 Å².